The lowest BCUT2D eigenvalue weighted by Crippen LogP contribution is -2.03. The first-order valence-electron chi connectivity index (χ1n) is 4.57. The van der Waals surface area contributed by atoms with Crippen LogP contribution in [0.25, 0.3) is 0 Å². The molecule has 0 saturated heterocycles. The summed E-state index contributed by atoms with van der Waals surface area (Å²) in [6, 6.07) is 4.34. The number of hydrogen-bond donors (Lipinski definition) is 0. The highest BCUT2D eigenvalue weighted by molar-refractivity contribution is 6.31. The van der Waals surface area contributed by atoms with Crippen molar-refractivity contribution in [2.24, 2.45) is 7.05 Å². The van der Waals surface area contributed by atoms with Gasteiger partial charge >= 0.3 is 0 Å². The predicted molar refractivity (Wildman–Crippen MR) is 58.1 cm³/mol. The van der Waals surface area contributed by atoms with Crippen LogP contribution in [0, 0.1) is 5.82 Å². The molecular weight excluding hydrogens is 231 g/mol. The fourth-order valence-corrected chi connectivity index (χ4v) is 1.55. The first-order valence-corrected chi connectivity index (χ1v) is 4.95. The van der Waals surface area contributed by atoms with Crippen LogP contribution in [-0.2, 0) is 7.05 Å². The second kappa shape index (κ2) is 4.06. The van der Waals surface area contributed by atoms with Gasteiger partial charge in [-0.05, 0) is 12.1 Å². The molecule has 0 N–H and O–H groups in total. The Morgan fingerprint density at radius 2 is 2.25 bits per heavy atom. The van der Waals surface area contributed by atoms with Gasteiger partial charge in [0.1, 0.15) is 0 Å². The number of rotatable bonds is 2. The molecule has 0 unspecified atom stereocenters. The van der Waals surface area contributed by atoms with Crippen molar-refractivity contribution < 1.29 is 9.18 Å². The van der Waals surface area contributed by atoms with E-state index in [0.29, 0.717) is 5.56 Å². The van der Waals surface area contributed by atoms with E-state index in [1.165, 1.54) is 35.3 Å². The molecule has 5 heteroatoms. The standard InChI is InChI=1S/C11H8ClFN2O/c1-15-6-7(5-14-15)11(16)8-3-2-4-9(12)10(8)13/h2-6H,1H3. The van der Waals surface area contributed by atoms with Gasteiger partial charge < -0.3 is 0 Å². The molecule has 0 saturated carbocycles. The zero-order chi connectivity index (χ0) is 11.7. The molecule has 0 radical (unpaired) electrons. The predicted octanol–water partition coefficient (Wildman–Crippen LogP) is 2.44. The summed E-state index contributed by atoms with van der Waals surface area (Å²) in [4.78, 5) is 11.9. The summed E-state index contributed by atoms with van der Waals surface area (Å²) < 4.78 is 15.0. The molecule has 16 heavy (non-hydrogen) atoms. The number of benzene rings is 1. The first kappa shape index (κ1) is 10.8. The summed E-state index contributed by atoms with van der Waals surface area (Å²) in [5.41, 5.74) is 0.296. The second-order valence-corrected chi connectivity index (χ2v) is 3.74. The van der Waals surface area contributed by atoms with Crippen molar-refractivity contribution in [1.29, 1.82) is 0 Å². The van der Waals surface area contributed by atoms with Crippen LogP contribution in [0.1, 0.15) is 15.9 Å². The largest absolute Gasteiger partial charge is 0.288 e. The van der Waals surface area contributed by atoms with Crippen LogP contribution in [0.3, 0.4) is 0 Å². The lowest BCUT2D eigenvalue weighted by atomic mass is 10.1. The van der Waals surface area contributed by atoms with Crippen molar-refractivity contribution in [2.45, 2.75) is 0 Å². The molecule has 3 nitrogen and oxygen atoms in total. The van der Waals surface area contributed by atoms with Crippen molar-refractivity contribution in [3.05, 3.63) is 52.6 Å². The number of carbonyl (C=O) groups excluding carboxylic acids is 1. The minimum atomic E-state index is -0.696. The number of carbonyl (C=O) groups is 1. The molecule has 0 spiro atoms. The van der Waals surface area contributed by atoms with Crippen LogP contribution in [0.4, 0.5) is 4.39 Å². The summed E-state index contributed by atoms with van der Waals surface area (Å²) in [7, 11) is 1.69. The molecule has 0 amide bonds. The molecule has 0 aliphatic carbocycles. The number of aryl methyl sites for hydroxylation is 1. The van der Waals surface area contributed by atoms with Gasteiger partial charge in [0.05, 0.1) is 22.3 Å². The highest BCUT2D eigenvalue weighted by Crippen LogP contribution is 2.20. The molecule has 1 heterocycles. The van der Waals surface area contributed by atoms with Gasteiger partial charge in [0.15, 0.2) is 11.6 Å². The molecular formula is C11H8ClFN2O. The fraction of sp³-hybridized carbons (Fsp3) is 0.0909. The van der Waals surface area contributed by atoms with Crippen molar-refractivity contribution in [3.8, 4) is 0 Å². The van der Waals surface area contributed by atoms with E-state index >= 15 is 0 Å². The van der Waals surface area contributed by atoms with Gasteiger partial charge in [-0.3, -0.25) is 9.48 Å². The Morgan fingerprint density at radius 1 is 1.50 bits per heavy atom. The van der Waals surface area contributed by atoms with Gasteiger partial charge in [-0.25, -0.2) is 4.39 Å². The highest BCUT2D eigenvalue weighted by atomic mass is 35.5. The van der Waals surface area contributed by atoms with Gasteiger partial charge in [0.25, 0.3) is 0 Å². The minimum Gasteiger partial charge on any atom is -0.288 e. The molecule has 0 fully saturated rings. The maximum Gasteiger partial charge on any atom is 0.199 e. The quantitative estimate of drug-likeness (QED) is 0.754. The Morgan fingerprint density at radius 3 is 2.88 bits per heavy atom. The average molecular weight is 239 g/mol. The van der Waals surface area contributed by atoms with E-state index in [0.717, 1.165) is 0 Å². The van der Waals surface area contributed by atoms with Crippen LogP contribution in [0.15, 0.2) is 30.6 Å². The van der Waals surface area contributed by atoms with E-state index in [2.05, 4.69) is 5.10 Å². The summed E-state index contributed by atoms with van der Waals surface area (Å²) >= 11 is 5.60. The zero-order valence-electron chi connectivity index (χ0n) is 8.45. The summed E-state index contributed by atoms with van der Waals surface area (Å²) in [6.45, 7) is 0. The lowest BCUT2D eigenvalue weighted by Gasteiger charge is -2.01. The van der Waals surface area contributed by atoms with Crippen LogP contribution >= 0.6 is 11.6 Å². The number of nitrogens with zero attached hydrogens (tertiary/aromatic N) is 2. The fourth-order valence-electron chi connectivity index (χ4n) is 1.37. The SMILES string of the molecule is Cn1cc(C(=O)c2cccc(Cl)c2F)cn1. The average Bonchev–Trinajstić information content (AvgIpc) is 2.68. The van der Waals surface area contributed by atoms with E-state index in [1.54, 1.807) is 7.05 Å². The maximum atomic E-state index is 13.6. The highest BCUT2D eigenvalue weighted by Gasteiger charge is 2.16. The third kappa shape index (κ3) is 1.84. The number of aromatic nitrogens is 2. The number of ketones is 1. The number of halogens is 2. The smallest absolute Gasteiger partial charge is 0.199 e. The van der Waals surface area contributed by atoms with Crippen molar-refractivity contribution in [3.63, 3.8) is 0 Å². The van der Waals surface area contributed by atoms with E-state index in [-0.39, 0.29) is 10.6 Å². The van der Waals surface area contributed by atoms with Gasteiger partial charge in [0, 0.05) is 13.2 Å². The summed E-state index contributed by atoms with van der Waals surface area (Å²) in [5.74, 6) is -1.12. The second-order valence-electron chi connectivity index (χ2n) is 3.33. The first-order chi connectivity index (χ1) is 7.59. The molecule has 82 valence electrons. The molecule has 2 rings (SSSR count). The van der Waals surface area contributed by atoms with Crippen molar-refractivity contribution in [2.75, 3.05) is 0 Å². The normalized spacial score (nSPS) is 10.4. The van der Waals surface area contributed by atoms with E-state index in [1.807, 2.05) is 0 Å². The topological polar surface area (TPSA) is 34.9 Å². The molecule has 1 aromatic carbocycles. The monoisotopic (exact) mass is 238 g/mol. The molecule has 1 aromatic heterocycles. The lowest BCUT2D eigenvalue weighted by molar-refractivity contribution is 0.103. The molecule has 0 bridgehead atoms. The Hall–Kier alpha value is -1.68. The Balaban J connectivity index is 2.45. The van der Waals surface area contributed by atoms with Gasteiger partial charge in [-0.1, -0.05) is 17.7 Å². The van der Waals surface area contributed by atoms with Crippen LogP contribution in [0.2, 0.25) is 5.02 Å². The minimum absolute atomic E-state index is 0.0412. The molecule has 2 aromatic rings. The zero-order valence-corrected chi connectivity index (χ0v) is 9.20. The molecule has 0 aliphatic rings. The third-order valence-corrected chi connectivity index (χ3v) is 2.46. The van der Waals surface area contributed by atoms with Gasteiger partial charge in [0.2, 0.25) is 0 Å². The summed E-state index contributed by atoms with van der Waals surface area (Å²) in [5, 5.41) is 3.80. The third-order valence-electron chi connectivity index (χ3n) is 2.16. The van der Waals surface area contributed by atoms with Crippen LogP contribution < -0.4 is 0 Å². The van der Waals surface area contributed by atoms with E-state index in [9.17, 15) is 9.18 Å². The van der Waals surface area contributed by atoms with E-state index in [4.69, 9.17) is 11.6 Å². The Bertz CT molecular complexity index is 551. The number of hydrogen-bond acceptors (Lipinski definition) is 2. The van der Waals surface area contributed by atoms with Gasteiger partial charge in [-0.15, -0.1) is 0 Å². The Labute approximate surface area is 96.5 Å². The van der Waals surface area contributed by atoms with Crippen LogP contribution in [0.5, 0.6) is 0 Å². The van der Waals surface area contributed by atoms with Crippen LogP contribution in [-0.4, -0.2) is 15.6 Å². The Kier molecular flexibility index (Phi) is 2.75. The van der Waals surface area contributed by atoms with Crippen molar-refractivity contribution in [1.82, 2.24) is 9.78 Å². The summed E-state index contributed by atoms with van der Waals surface area (Å²) in [6.07, 6.45) is 2.92. The maximum absolute atomic E-state index is 13.6. The van der Waals surface area contributed by atoms with Crippen molar-refractivity contribution >= 4 is 17.4 Å². The molecule has 0 atom stereocenters. The molecule has 0 aliphatic heterocycles. The van der Waals surface area contributed by atoms with E-state index < -0.39 is 11.6 Å². The van der Waals surface area contributed by atoms with Gasteiger partial charge in [-0.2, -0.15) is 5.10 Å².